The summed E-state index contributed by atoms with van der Waals surface area (Å²) in [5.41, 5.74) is 2.58. The van der Waals surface area contributed by atoms with Crippen LogP contribution in [0.25, 0.3) is 0 Å². The van der Waals surface area contributed by atoms with Crippen LogP contribution in [-0.2, 0) is 9.53 Å². The fourth-order valence-electron chi connectivity index (χ4n) is 2.47. The van der Waals surface area contributed by atoms with Crippen molar-refractivity contribution in [1.82, 2.24) is 5.32 Å². The van der Waals surface area contributed by atoms with Crippen LogP contribution in [0.15, 0.2) is 24.3 Å². The third kappa shape index (κ3) is 2.86. The molecule has 92 valence electrons. The van der Waals surface area contributed by atoms with E-state index in [4.69, 9.17) is 4.74 Å². The zero-order chi connectivity index (χ0) is 12.3. The lowest BCUT2D eigenvalue weighted by Crippen LogP contribution is -2.39. The first-order valence-electron chi connectivity index (χ1n) is 6.06. The number of benzene rings is 1. The lowest BCUT2D eigenvalue weighted by atomic mass is 9.85. The van der Waals surface area contributed by atoms with E-state index in [2.05, 4.69) is 36.5 Å². The summed E-state index contributed by atoms with van der Waals surface area (Å²) in [5, 5.41) is 3.32. The second-order valence-corrected chi connectivity index (χ2v) is 4.73. The van der Waals surface area contributed by atoms with E-state index in [1.54, 1.807) is 0 Å². The number of nitrogens with one attached hydrogen (secondary N) is 1. The van der Waals surface area contributed by atoms with Crippen molar-refractivity contribution in [2.24, 2.45) is 5.92 Å². The van der Waals surface area contributed by atoms with Crippen molar-refractivity contribution in [2.45, 2.75) is 19.3 Å². The highest BCUT2D eigenvalue weighted by atomic mass is 16.5. The number of hydrogen-bond acceptors (Lipinski definition) is 3. The molecule has 0 radical (unpaired) electrons. The van der Waals surface area contributed by atoms with Crippen LogP contribution in [0.5, 0.6) is 0 Å². The molecule has 1 aliphatic heterocycles. The molecule has 0 amide bonds. The van der Waals surface area contributed by atoms with E-state index in [0.717, 1.165) is 19.5 Å². The van der Waals surface area contributed by atoms with Gasteiger partial charge in [-0.15, -0.1) is 0 Å². The predicted octanol–water partition coefficient (Wildman–Crippen LogP) is 1.86. The SMILES string of the molecule is COC(=O)C1CNCC(c2cccc(C)c2)C1. The molecule has 1 saturated heterocycles. The second kappa shape index (κ2) is 5.32. The largest absolute Gasteiger partial charge is 0.469 e. The fourth-order valence-corrected chi connectivity index (χ4v) is 2.47. The Balaban J connectivity index is 2.09. The third-order valence-electron chi connectivity index (χ3n) is 3.40. The number of rotatable bonds is 2. The zero-order valence-electron chi connectivity index (χ0n) is 10.4. The Morgan fingerprint density at radius 2 is 2.24 bits per heavy atom. The molecule has 0 aromatic heterocycles. The van der Waals surface area contributed by atoms with Crippen molar-refractivity contribution in [2.75, 3.05) is 20.2 Å². The molecule has 1 aromatic rings. The molecule has 17 heavy (non-hydrogen) atoms. The van der Waals surface area contributed by atoms with E-state index < -0.39 is 0 Å². The minimum atomic E-state index is -0.102. The van der Waals surface area contributed by atoms with E-state index in [0.29, 0.717) is 5.92 Å². The molecule has 2 atom stereocenters. The smallest absolute Gasteiger partial charge is 0.309 e. The van der Waals surface area contributed by atoms with Gasteiger partial charge in [0, 0.05) is 13.1 Å². The predicted molar refractivity (Wildman–Crippen MR) is 66.9 cm³/mol. The minimum absolute atomic E-state index is 0.0146. The Labute approximate surface area is 102 Å². The summed E-state index contributed by atoms with van der Waals surface area (Å²) in [7, 11) is 1.46. The Morgan fingerprint density at radius 3 is 2.94 bits per heavy atom. The number of carbonyl (C=O) groups excluding carboxylic acids is 1. The van der Waals surface area contributed by atoms with Gasteiger partial charge < -0.3 is 10.1 Å². The Morgan fingerprint density at radius 1 is 1.41 bits per heavy atom. The summed E-state index contributed by atoms with van der Waals surface area (Å²) < 4.78 is 4.82. The van der Waals surface area contributed by atoms with E-state index in [9.17, 15) is 4.79 Å². The summed E-state index contributed by atoms with van der Waals surface area (Å²) in [6, 6.07) is 8.51. The zero-order valence-corrected chi connectivity index (χ0v) is 10.4. The summed E-state index contributed by atoms with van der Waals surface area (Å²) in [4.78, 5) is 11.5. The van der Waals surface area contributed by atoms with Gasteiger partial charge in [-0.25, -0.2) is 0 Å². The van der Waals surface area contributed by atoms with Gasteiger partial charge >= 0.3 is 5.97 Å². The molecule has 1 N–H and O–H groups in total. The summed E-state index contributed by atoms with van der Waals surface area (Å²) in [6.07, 6.45) is 0.878. The number of aryl methyl sites for hydroxylation is 1. The van der Waals surface area contributed by atoms with Gasteiger partial charge in [0.1, 0.15) is 0 Å². The number of ether oxygens (including phenoxy) is 1. The first kappa shape index (κ1) is 12.1. The monoisotopic (exact) mass is 233 g/mol. The standard InChI is InChI=1S/C14H19NO2/c1-10-4-3-5-11(6-10)12-7-13(9-15-8-12)14(16)17-2/h3-6,12-13,15H,7-9H2,1-2H3. The van der Waals surface area contributed by atoms with Crippen molar-refractivity contribution in [3.63, 3.8) is 0 Å². The average Bonchev–Trinajstić information content (AvgIpc) is 2.38. The molecule has 1 aliphatic rings. The van der Waals surface area contributed by atoms with Gasteiger partial charge in [-0.1, -0.05) is 29.8 Å². The molecular formula is C14H19NO2. The van der Waals surface area contributed by atoms with Crippen LogP contribution in [-0.4, -0.2) is 26.2 Å². The summed E-state index contributed by atoms with van der Waals surface area (Å²) in [6.45, 7) is 3.77. The van der Waals surface area contributed by atoms with Crippen LogP contribution in [0, 0.1) is 12.8 Å². The van der Waals surface area contributed by atoms with Crippen LogP contribution < -0.4 is 5.32 Å². The van der Waals surface area contributed by atoms with Gasteiger partial charge in [0.25, 0.3) is 0 Å². The third-order valence-corrected chi connectivity index (χ3v) is 3.40. The number of hydrogen-bond donors (Lipinski definition) is 1. The number of methoxy groups -OCH3 is 1. The first-order valence-corrected chi connectivity index (χ1v) is 6.06. The molecular weight excluding hydrogens is 214 g/mol. The van der Waals surface area contributed by atoms with Crippen LogP contribution >= 0.6 is 0 Å². The first-order chi connectivity index (χ1) is 8.20. The quantitative estimate of drug-likeness (QED) is 0.792. The molecule has 1 fully saturated rings. The van der Waals surface area contributed by atoms with Gasteiger partial charge in [0.05, 0.1) is 13.0 Å². The summed E-state index contributed by atoms with van der Waals surface area (Å²) >= 11 is 0. The van der Waals surface area contributed by atoms with Crippen molar-refractivity contribution < 1.29 is 9.53 Å². The van der Waals surface area contributed by atoms with Crippen molar-refractivity contribution in [1.29, 1.82) is 0 Å². The number of esters is 1. The van der Waals surface area contributed by atoms with Crippen molar-refractivity contribution >= 4 is 5.97 Å². The average molecular weight is 233 g/mol. The van der Waals surface area contributed by atoms with Crippen LogP contribution in [0.2, 0.25) is 0 Å². The highest BCUT2D eigenvalue weighted by molar-refractivity contribution is 5.72. The molecule has 0 saturated carbocycles. The Bertz CT molecular complexity index is 403. The van der Waals surface area contributed by atoms with Gasteiger partial charge in [-0.2, -0.15) is 0 Å². The molecule has 0 aliphatic carbocycles. The number of piperidine rings is 1. The van der Waals surface area contributed by atoms with Gasteiger partial charge in [-0.05, 0) is 24.8 Å². The van der Waals surface area contributed by atoms with Gasteiger partial charge in [-0.3, -0.25) is 4.79 Å². The lowest BCUT2D eigenvalue weighted by Gasteiger charge is -2.28. The normalized spacial score (nSPS) is 24.4. The van der Waals surface area contributed by atoms with Crippen molar-refractivity contribution in [3.05, 3.63) is 35.4 Å². The summed E-state index contributed by atoms with van der Waals surface area (Å²) in [5.74, 6) is 0.293. The molecule has 0 spiro atoms. The van der Waals surface area contributed by atoms with Gasteiger partial charge in [0.2, 0.25) is 0 Å². The lowest BCUT2D eigenvalue weighted by molar-refractivity contribution is -0.146. The Hall–Kier alpha value is -1.35. The maximum atomic E-state index is 11.5. The van der Waals surface area contributed by atoms with Crippen molar-refractivity contribution in [3.8, 4) is 0 Å². The van der Waals surface area contributed by atoms with E-state index in [1.165, 1.54) is 18.2 Å². The number of carbonyl (C=O) groups is 1. The maximum absolute atomic E-state index is 11.5. The molecule has 1 aromatic carbocycles. The highest BCUT2D eigenvalue weighted by Gasteiger charge is 2.28. The molecule has 3 heteroatoms. The van der Waals surface area contributed by atoms with Crippen LogP contribution in [0.4, 0.5) is 0 Å². The molecule has 2 rings (SSSR count). The molecule has 0 bridgehead atoms. The molecule has 3 nitrogen and oxygen atoms in total. The van der Waals surface area contributed by atoms with E-state index in [1.807, 2.05) is 0 Å². The maximum Gasteiger partial charge on any atom is 0.309 e. The van der Waals surface area contributed by atoms with Crippen LogP contribution in [0.1, 0.15) is 23.5 Å². The molecule has 2 unspecified atom stereocenters. The Kier molecular flexibility index (Phi) is 3.79. The highest BCUT2D eigenvalue weighted by Crippen LogP contribution is 2.27. The second-order valence-electron chi connectivity index (χ2n) is 4.73. The van der Waals surface area contributed by atoms with E-state index in [-0.39, 0.29) is 11.9 Å². The van der Waals surface area contributed by atoms with E-state index >= 15 is 0 Å². The fraction of sp³-hybridized carbons (Fsp3) is 0.500. The molecule has 1 heterocycles. The minimum Gasteiger partial charge on any atom is -0.469 e. The van der Waals surface area contributed by atoms with Crippen LogP contribution in [0.3, 0.4) is 0 Å². The van der Waals surface area contributed by atoms with Gasteiger partial charge in [0.15, 0.2) is 0 Å². The topological polar surface area (TPSA) is 38.3 Å².